The zero-order valence-electron chi connectivity index (χ0n) is 13.8. The Kier molecular flexibility index (Phi) is 5.90. The molecule has 25 heavy (non-hydrogen) atoms. The van der Waals surface area contributed by atoms with Gasteiger partial charge in [-0.05, 0) is 31.5 Å². The summed E-state index contributed by atoms with van der Waals surface area (Å²) < 4.78 is 46.5. The fraction of sp³-hybridized carbons (Fsp3) is 0.278. The van der Waals surface area contributed by atoms with Gasteiger partial charge < -0.3 is 14.8 Å². The van der Waals surface area contributed by atoms with E-state index in [9.17, 15) is 18.0 Å². The molecule has 0 unspecified atom stereocenters. The number of nitrogens with one attached hydrogen (secondary N) is 1. The van der Waals surface area contributed by atoms with E-state index in [1.54, 1.807) is 12.1 Å². The van der Waals surface area contributed by atoms with E-state index < -0.39 is 12.3 Å². The summed E-state index contributed by atoms with van der Waals surface area (Å²) >= 11 is 0. The minimum Gasteiger partial charge on any atom is -0.484 e. The van der Waals surface area contributed by atoms with Crippen molar-refractivity contribution in [1.82, 2.24) is 5.32 Å². The lowest BCUT2D eigenvalue weighted by atomic mass is 10.1. The molecule has 0 aliphatic carbocycles. The number of rotatable bonds is 6. The van der Waals surface area contributed by atoms with Crippen molar-refractivity contribution in [2.75, 3.05) is 6.61 Å². The second-order valence-electron chi connectivity index (χ2n) is 5.49. The van der Waals surface area contributed by atoms with Gasteiger partial charge in [0.2, 0.25) is 0 Å². The van der Waals surface area contributed by atoms with E-state index in [1.807, 2.05) is 26.0 Å². The predicted octanol–water partition coefficient (Wildman–Crippen LogP) is 3.90. The lowest BCUT2D eigenvalue weighted by Gasteiger charge is -2.14. The summed E-state index contributed by atoms with van der Waals surface area (Å²) in [5.41, 5.74) is 2.20. The third kappa shape index (κ3) is 6.02. The van der Waals surface area contributed by atoms with Crippen LogP contribution in [-0.2, 0) is 11.3 Å². The van der Waals surface area contributed by atoms with Gasteiger partial charge in [0.05, 0.1) is 0 Å². The fourth-order valence-electron chi connectivity index (χ4n) is 2.22. The van der Waals surface area contributed by atoms with Gasteiger partial charge >= 0.3 is 6.36 Å². The molecule has 1 amide bonds. The van der Waals surface area contributed by atoms with E-state index >= 15 is 0 Å². The smallest absolute Gasteiger partial charge is 0.484 e. The Morgan fingerprint density at radius 1 is 1.08 bits per heavy atom. The third-order valence-electron chi connectivity index (χ3n) is 3.36. The number of alkyl halides is 3. The molecule has 0 heterocycles. The normalized spacial score (nSPS) is 11.1. The Morgan fingerprint density at radius 3 is 2.48 bits per heavy atom. The highest BCUT2D eigenvalue weighted by molar-refractivity contribution is 5.77. The summed E-state index contributed by atoms with van der Waals surface area (Å²) in [7, 11) is 0. The fourth-order valence-corrected chi connectivity index (χ4v) is 2.22. The Morgan fingerprint density at radius 2 is 1.80 bits per heavy atom. The van der Waals surface area contributed by atoms with Gasteiger partial charge in [0, 0.05) is 12.1 Å². The summed E-state index contributed by atoms with van der Waals surface area (Å²) in [5, 5.41) is 2.51. The lowest BCUT2D eigenvalue weighted by molar-refractivity contribution is -0.274. The zero-order valence-corrected chi connectivity index (χ0v) is 13.8. The highest BCUT2D eigenvalue weighted by Crippen LogP contribution is 2.26. The van der Waals surface area contributed by atoms with Crippen molar-refractivity contribution in [2.24, 2.45) is 0 Å². The minimum atomic E-state index is -4.79. The van der Waals surface area contributed by atoms with Crippen LogP contribution in [0.5, 0.6) is 11.5 Å². The van der Waals surface area contributed by atoms with Crippen LogP contribution in [0.3, 0.4) is 0 Å². The Balaban J connectivity index is 1.90. The summed E-state index contributed by atoms with van der Waals surface area (Å²) in [4.78, 5) is 11.9. The SMILES string of the molecule is Cc1ccc(OCC(=O)NCc2ccccc2OC(F)(F)F)c(C)c1. The van der Waals surface area contributed by atoms with Crippen molar-refractivity contribution >= 4 is 5.91 Å². The molecule has 0 aliphatic rings. The van der Waals surface area contributed by atoms with Crippen LogP contribution >= 0.6 is 0 Å². The van der Waals surface area contributed by atoms with Crippen molar-refractivity contribution in [3.63, 3.8) is 0 Å². The second kappa shape index (κ2) is 7.92. The molecule has 0 fully saturated rings. The molecule has 0 aliphatic heterocycles. The van der Waals surface area contributed by atoms with Crippen LogP contribution in [0.2, 0.25) is 0 Å². The summed E-state index contributed by atoms with van der Waals surface area (Å²) in [5.74, 6) is -0.200. The molecule has 0 saturated heterocycles. The average Bonchev–Trinajstić information content (AvgIpc) is 2.52. The Hall–Kier alpha value is -2.70. The number of hydrogen-bond acceptors (Lipinski definition) is 3. The molecule has 0 bridgehead atoms. The summed E-state index contributed by atoms with van der Waals surface area (Å²) in [6.45, 7) is 3.49. The number of para-hydroxylation sites is 1. The maximum atomic E-state index is 12.4. The van der Waals surface area contributed by atoms with Gasteiger partial charge in [-0.15, -0.1) is 13.2 Å². The van der Waals surface area contributed by atoms with Crippen molar-refractivity contribution in [1.29, 1.82) is 0 Å². The maximum absolute atomic E-state index is 12.4. The molecule has 0 aromatic heterocycles. The summed E-state index contributed by atoms with van der Waals surface area (Å²) in [6, 6.07) is 11.2. The van der Waals surface area contributed by atoms with Crippen molar-refractivity contribution in [3.05, 3.63) is 59.2 Å². The minimum absolute atomic E-state index is 0.0959. The lowest BCUT2D eigenvalue weighted by Crippen LogP contribution is -2.29. The van der Waals surface area contributed by atoms with E-state index in [0.717, 1.165) is 11.1 Å². The van der Waals surface area contributed by atoms with Crippen LogP contribution in [0.1, 0.15) is 16.7 Å². The largest absolute Gasteiger partial charge is 0.573 e. The molecule has 7 heteroatoms. The number of amides is 1. The van der Waals surface area contributed by atoms with E-state index in [-0.39, 0.29) is 24.5 Å². The number of carbonyl (C=O) groups is 1. The number of aryl methyl sites for hydroxylation is 2. The van der Waals surface area contributed by atoms with Crippen LogP contribution < -0.4 is 14.8 Å². The molecule has 2 aromatic carbocycles. The van der Waals surface area contributed by atoms with E-state index in [0.29, 0.717) is 5.75 Å². The average molecular weight is 353 g/mol. The molecule has 0 radical (unpaired) electrons. The van der Waals surface area contributed by atoms with E-state index in [1.165, 1.54) is 18.2 Å². The first-order chi connectivity index (χ1) is 11.7. The van der Waals surface area contributed by atoms with E-state index in [2.05, 4.69) is 10.1 Å². The molecule has 0 spiro atoms. The summed E-state index contributed by atoms with van der Waals surface area (Å²) in [6.07, 6.45) is -4.79. The second-order valence-corrected chi connectivity index (χ2v) is 5.49. The Bertz CT molecular complexity index is 745. The Labute approximate surface area is 143 Å². The van der Waals surface area contributed by atoms with E-state index in [4.69, 9.17) is 4.74 Å². The monoisotopic (exact) mass is 353 g/mol. The molecule has 4 nitrogen and oxygen atoms in total. The molecule has 1 N–H and O–H groups in total. The van der Waals surface area contributed by atoms with Crippen LogP contribution in [0, 0.1) is 13.8 Å². The van der Waals surface area contributed by atoms with Gasteiger partial charge in [0.1, 0.15) is 11.5 Å². The van der Waals surface area contributed by atoms with Gasteiger partial charge in [-0.2, -0.15) is 0 Å². The molecule has 2 rings (SSSR count). The predicted molar refractivity (Wildman–Crippen MR) is 86.4 cm³/mol. The number of halogens is 3. The number of carbonyl (C=O) groups excluding carboxylic acids is 1. The first-order valence-electron chi connectivity index (χ1n) is 7.55. The van der Waals surface area contributed by atoms with Gasteiger partial charge in [-0.1, -0.05) is 35.9 Å². The van der Waals surface area contributed by atoms with Gasteiger partial charge in [-0.3, -0.25) is 4.79 Å². The van der Waals surface area contributed by atoms with Crippen LogP contribution in [0.4, 0.5) is 13.2 Å². The van der Waals surface area contributed by atoms with Gasteiger partial charge in [0.25, 0.3) is 5.91 Å². The van der Waals surface area contributed by atoms with Crippen molar-refractivity contribution < 1.29 is 27.4 Å². The maximum Gasteiger partial charge on any atom is 0.573 e. The van der Waals surface area contributed by atoms with Crippen LogP contribution in [0.25, 0.3) is 0 Å². The number of benzene rings is 2. The van der Waals surface area contributed by atoms with Gasteiger partial charge in [-0.25, -0.2) is 0 Å². The van der Waals surface area contributed by atoms with Crippen LogP contribution in [-0.4, -0.2) is 18.9 Å². The third-order valence-corrected chi connectivity index (χ3v) is 3.36. The standard InChI is InChI=1S/C18H18F3NO3/c1-12-7-8-15(13(2)9-12)24-11-17(23)22-10-14-5-3-4-6-16(14)25-18(19,20)21/h3-9H,10-11H2,1-2H3,(H,22,23). The topological polar surface area (TPSA) is 47.6 Å². The molecule has 0 atom stereocenters. The molecule has 2 aromatic rings. The highest BCUT2D eigenvalue weighted by atomic mass is 19.4. The first kappa shape index (κ1) is 18.6. The number of ether oxygens (including phenoxy) is 2. The molecule has 134 valence electrons. The molecular weight excluding hydrogens is 335 g/mol. The zero-order chi connectivity index (χ0) is 18.4. The molecule has 0 saturated carbocycles. The molecular formula is C18H18F3NO3. The van der Waals surface area contributed by atoms with Crippen molar-refractivity contribution in [2.45, 2.75) is 26.8 Å². The van der Waals surface area contributed by atoms with Gasteiger partial charge in [0.15, 0.2) is 6.61 Å². The quantitative estimate of drug-likeness (QED) is 0.857. The van der Waals surface area contributed by atoms with Crippen molar-refractivity contribution in [3.8, 4) is 11.5 Å². The van der Waals surface area contributed by atoms with Crippen LogP contribution in [0.15, 0.2) is 42.5 Å². The first-order valence-corrected chi connectivity index (χ1v) is 7.55. The highest BCUT2D eigenvalue weighted by Gasteiger charge is 2.31. The number of hydrogen-bond donors (Lipinski definition) is 1.